The summed E-state index contributed by atoms with van der Waals surface area (Å²) in [7, 11) is 0. The van der Waals surface area contributed by atoms with Gasteiger partial charge >= 0.3 is 0 Å². The number of hydrogen-bond donors (Lipinski definition) is 0. The van der Waals surface area contributed by atoms with Crippen LogP contribution in [0.1, 0.15) is 48.8 Å². The number of benzene rings is 3. The number of hydrogen-bond acceptors (Lipinski definition) is 3. The zero-order valence-corrected chi connectivity index (χ0v) is 22.2. The van der Waals surface area contributed by atoms with Crippen LogP contribution in [0.15, 0.2) is 91.0 Å². The highest BCUT2D eigenvalue weighted by molar-refractivity contribution is 5.76. The van der Waals surface area contributed by atoms with Crippen molar-refractivity contribution in [2.75, 3.05) is 32.7 Å². The van der Waals surface area contributed by atoms with Gasteiger partial charge in [-0.2, -0.15) is 0 Å². The molecular weight excluding hydrogens is 454 g/mol. The molecular formula is C33H41N3O. The Morgan fingerprint density at radius 2 is 1.38 bits per heavy atom. The van der Waals surface area contributed by atoms with Crippen molar-refractivity contribution in [1.82, 2.24) is 14.7 Å². The molecule has 2 saturated heterocycles. The largest absolute Gasteiger partial charge is 0.335 e. The summed E-state index contributed by atoms with van der Waals surface area (Å²) in [6.07, 6.45) is 2.70. The molecule has 5 rings (SSSR count). The fourth-order valence-electron chi connectivity index (χ4n) is 6.34. The van der Waals surface area contributed by atoms with E-state index in [1.165, 1.54) is 16.7 Å². The molecule has 2 unspecified atom stereocenters. The van der Waals surface area contributed by atoms with Gasteiger partial charge < -0.3 is 9.80 Å². The molecule has 4 heteroatoms. The van der Waals surface area contributed by atoms with Crippen LogP contribution in [0, 0.1) is 5.92 Å². The molecule has 0 aliphatic carbocycles. The number of carbonyl (C=O) groups is 1. The minimum Gasteiger partial charge on any atom is -0.335 e. The lowest BCUT2D eigenvalue weighted by molar-refractivity contribution is -0.135. The van der Waals surface area contributed by atoms with Crippen molar-refractivity contribution < 1.29 is 4.79 Å². The number of rotatable bonds is 9. The first-order valence-electron chi connectivity index (χ1n) is 14.1. The van der Waals surface area contributed by atoms with E-state index >= 15 is 0 Å². The van der Waals surface area contributed by atoms with Crippen LogP contribution in [0.3, 0.4) is 0 Å². The molecule has 0 N–H and O–H groups in total. The van der Waals surface area contributed by atoms with Crippen molar-refractivity contribution in [3.8, 4) is 0 Å². The predicted octanol–water partition coefficient (Wildman–Crippen LogP) is 5.81. The maximum absolute atomic E-state index is 12.9. The highest BCUT2D eigenvalue weighted by Crippen LogP contribution is 2.35. The molecule has 0 radical (unpaired) electrons. The average Bonchev–Trinajstić information content (AvgIpc) is 3.35. The maximum atomic E-state index is 12.9. The monoisotopic (exact) mass is 495 g/mol. The second-order valence-corrected chi connectivity index (χ2v) is 10.8. The van der Waals surface area contributed by atoms with Crippen LogP contribution in [-0.2, 0) is 17.9 Å². The van der Waals surface area contributed by atoms with Crippen LogP contribution in [0.2, 0.25) is 0 Å². The van der Waals surface area contributed by atoms with Gasteiger partial charge in [-0.25, -0.2) is 0 Å². The third-order valence-corrected chi connectivity index (χ3v) is 8.30. The van der Waals surface area contributed by atoms with Gasteiger partial charge in [-0.05, 0) is 35.4 Å². The van der Waals surface area contributed by atoms with E-state index in [-0.39, 0.29) is 5.91 Å². The van der Waals surface area contributed by atoms with Gasteiger partial charge in [0.05, 0.1) is 0 Å². The molecule has 2 aliphatic rings. The SMILES string of the molecule is CCC(=O)N(Cc1ccccc1)C1CCN(CC2CN(Cc3ccccc3)CC2c2ccccc2)CC1. The number of amides is 1. The van der Waals surface area contributed by atoms with Gasteiger partial charge in [0.15, 0.2) is 0 Å². The minimum atomic E-state index is 0.277. The average molecular weight is 496 g/mol. The maximum Gasteiger partial charge on any atom is 0.222 e. The topological polar surface area (TPSA) is 26.8 Å². The van der Waals surface area contributed by atoms with Crippen molar-refractivity contribution in [3.05, 3.63) is 108 Å². The molecule has 37 heavy (non-hydrogen) atoms. The summed E-state index contributed by atoms with van der Waals surface area (Å²) >= 11 is 0. The van der Waals surface area contributed by atoms with Gasteiger partial charge in [0.2, 0.25) is 5.91 Å². The van der Waals surface area contributed by atoms with E-state index in [0.29, 0.717) is 24.3 Å². The number of piperidine rings is 1. The third-order valence-electron chi connectivity index (χ3n) is 8.30. The van der Waals surface area contributed by atoms with Crippen LogP contribution < -0.4 is 0 Å². The highest BCUT2D eigenvalue weighted by Gasteiger charge is 2.36. The Labute approximate surface area is 222 Å². The van der Waals surface area contributed by atoms with Crippen LogP contribution in [0.5, 0.6) is 0 Å². The van der Waals surface area contributed by atoms with E-state index in [1.807, 2.05) is 13.0 Å². The molecule has 3 aromatic rings. The van der Waals surface area contributed by atoms with Crippen LogP contribution in [-0.4, -0.2) is 59.4 Å². The molecule has 194 valence electrons. The van der Waals surface area contributed by atoms with Gasteiger partial charge in [-0.3, -0.25) is 9.69 Å². The normalized spacial score (nSPS) is 21.2. The van der Waals surface area contributed by atoms with Crippen LogP contribution >= 0.6 is 0 Å². The Morgan fingerprint density at radius 1 is 0.784 bits per heavy atom. The van der Waals surface area contributed by atoms with Gasteiger partial charge in [0.1, 0.15) is 0 Å². The molecule has 2 aliphatic heterocycles. The summed E-state index contributed by atoms with van der Waals surface area (Å²) in [5.74, 6) is 1.47. The van der Waals surface area contributed by atoms with E-state index in [1.54, 1.807) is 0 Å². The molecule has 0 aromatic heterocycles. The number of nitrogens with zero attached hydrogens (tertiary/aromatic N) is 3. The molecule has 1 amide bonds. The summed E-state index contributed by atoms with van der Waals surface area (Å²) in [6.45, 7) is 9.28. The first-order valence-corrected chi connectivity index (χ1v) is 14.1. The lowest BCUT2D eigenvalue weighted by atomic mass is 9.88. The molecule has 3 aromatic carbocycles. The molecule has 2 heterocycles. The zero-order chi connectivity index (χ0) is 25.5. The Balaban J connectivity index is 1.22. The zero-order valence-electron chi connectivity index (χ0n) is 22.2. The third kappa shape index (κ3) is 6.68. The fourth-order valence-corrected chi connectivity index (χ4v) is 6.34. The quantitative estimate of drug-likeness (QED) is 0.375. The van der Waals surface area contributed by atoms with E-state index in [4.69, 9.17) is 0 Å². The molecule has 0 saturated carbocycles. The molecule has 2 atom stereocenters. The lowest BCUT2D eigenvalue weighted by Crippen LogP contribution is -2.48. The Bertz CT molecular complexity index is 1100. The summed E-state index contributed by atoms with van der Waals surface area (Å²) in [6, 6.07) is 32.8. The second kappa shape index (κ2) is 12.5. The van der Waals surface area contributed by atoms with Crippen molar-refractivity contribution in [2.45, 2.75) is 51.2 Å². The predicted molar refractivity (Wildman–Crippen MR) is 151 cm³/mol. The van der Waals surface area contributed by atoms with Gasteiger partial charge in [-0.15, -0.1) is 0 Å². The summed E-state index contributed by atoms with van der Waals surface area (Å²) < 4.78 is 0. The highest BCUT2D eigenvalue weighted by atomic mass is 16.2. The summed E-state index contributed by atoms with van der Waals surface area (Å²) in [4.78, 5) is 20.3. The first-order chi connectivity index (χ1) is 18.2. The van der Waals surface area contributed by atoms with Crippen molar-refractivity contribution in [2.24, 2.45) is 5.92 Å². The molecule has 0 spiro atoms. The molecule has 2 fully saturated rings. The fraction of sp³-hybridized carbons (Fsp3) is 0.424. The van der Waals surface area contributed by atoms with Gasteiger partial charge in [0, 0.05) is 64.2 Å². The molecule has 4 nitrogen and oxygen atoms in total. The Kier molecular flexibility index (Phi) is 8.70. The standard InChI is InChI=1S/C33H41N3O/c1-2-33(37)36(23-28-14-8-4-9-15-28)31-18-20-34(21-19-31)24-30-25-35(22-27-12-6-3-7-13-27)26-32(30)29-16-10-5-11-17-29/h3-17,30-32H,2,18-26H2,1H3. The summed E-state index contributed by atoms with van der Waals surface area (Å²) in [5.41, 5.74) is 4.09. The van der Waals surface area contributed by atoms with Gasteiger partial charge in [-0.1, -0.05) is 97.9 Å². The first kappa shape index (κ1) is 25.7. The second-order valence-electron chi connectivity index (χ2n) is 10.8. The van der Waals surface area contributed by atoms with E-state index in [0.717, 1.165) is 58.7 Å². The summed E-state index contributed by atoms with van der Waals surface area (Å²) in [5, 5.41) is 0. The van der Waals surface area contributed by atoms with E-state index in [9.17, 15) is 4.79 Å². The minimum absolute atomic E-state index is 0.277. The van der Waals surface area contributed by atoms with Crippen molar-refractivity contribution in [1.29, 1.82) is 0 Å². The molecule has 0 bridgehead atoms. The van der Waals surface area contributed by atoms with Crippen molar-refractivity contribution >= 4 is 5.91 Å². The number of carbonyl (C=O) groups excluding carboxylic acids is 1. The lowest BCUT2D eigenvalue weighted by Gasteiger charge is -2.40. The number of likely N-dealkylation sites (tertiary alicyclic amines) is 2. The Morgan fingerprint density at radius 3 is 2.00 bits per heavy atom. The Hall–Kier alpha value is -2.95. The van der Waals surface area contributed by atoms with Crippen LogP contribution in [0.4, 0.5) is 0 Å². The van der Waals surface area contributed by atoms with E-state index < -0.39 is 0 Å². The van der Waals surface area contributed by atoms with Crippen LogP contribution in [0.25, 0.3) is 0 Å². The van der Waals surface area contributed by atoms with Gasteiger partial charge in [0.25, 0.3) is 0 Å². The smallest absolute Gasteiger partial charge is 0.222 e. The van der Waals surface area contributed by atoms with Crippen molar-refractivity contribution in [3.63, 3.8) is 0 Å². The van der Waals surface area contributed by atoms with E-state index in [2.05, 4.69) is 99.6 Å².